The number of aromatic nitrogens is 3. The summed E-state index contributed by atoms with van der Waals surface area (Å²) in [6.45, 7) is 7.16. The zero-order chi connectivity index (χ0) is 20.6. The first-order chi connectivity index (χ1) is 13.2. The molecule has 0 spiro atoms. The van der Waals surface area contributed by atoms with Gasteiger partial charge < -0.3 is 9.88 Å². The molecule has 0 unspecified atom stereocenters. The van der Waals surface area contributed by atoms with Crippen molar-refractivity contribution in [2.24, 2.45) is 0 Å². The van der Waals surface area contributed by atoms with E-state index in [1.807, 2.05) is 13.8 Å². The summed E-state index contributed by atoms with van der Waals surface area (Å²) >= 11 is 0. The third kappa shape index (κ3) is 3.58. The summed E-state index contributed by atoms with van der Waals surface area (Å²) in [6, 6.07) is 4.71. The number of pyridine rings is 1. The molecule has 3 rings (SSSR count). The number of hydrogen-bond acceptors (Lipinski definition) is 4. The topological polar surface area (TPSA) is 59.8 Å². The number of fused-ring (bicyclic) bond motifs is 1. The summed E-state index contributed by atoms with van der Waals surface area (Å²) in [6.07, 6.45) is -1.21. The molecule has 0 aliphatic carbocycles. The summed E-state index contributed by atoms with van der Waals surface area (Å²) < 4.78 is 42.0. The maximum Gasteiger partial charge on any atom is 0.266 e. The van der Waals surface area contributed by atoms with Crippen LogP contribution in [0.15, 0.2) is 35.3 Å². The molecular formula is C20H21F3N4O. The molecule has 28 heavy (non-hydrogen) atoms. The minimum absolute atomic E-state index is 0.0594. The number of nitrogens with one attached hydrogen (secondary N) is 1. The van der Waals surface area contributed by atoms with Gasteiger partial charge in [0.25, 0.3) is 12.0 Å². The van der Waals surface area contributed by atoms with E-state index in [1.54, 1.807) is 24.6 Å². The Morgan fingerprint density at radius 2 is 1.75 bits per heavy atom. The van der Waals surface area contributed by atoms with Crippen LogP contribution in [0.2, 0.25) is 0 Å². The zero-order valence-electron chi connectivity index (χ0n) is 16.0. The smallest absolute Gasteiger partial charge is 0.266 e. The number of rotatable bonds is 5. The third-order valence-corrected chi connectivity index (χ3v) is 4.70. The van der Waals surface area contributed by atoms with Gasteiger partial charge in [0.2, 0.25) is 0 Å². The number of aryl methyl sites for hydroxylation is 1. The molecule has 1 atom stereocenters. The van der Waals surface area contributed by atoms with E-state index in [4.69, 9.17) is 0 Å². The van der Waals surface area contributed by atoms with E-state index in [1.165, 1.54) is 18.2 Å². The first-order valence-corrected chi connectivity index (χ1v) is 8.92. The summed E-state index contributed by atoms with van der Waals surface area (Å²) in [7, 11) is 0. The average molecular weight is 390 g/mol. The molecule has 8 heteroatoms. The lowest BCUT2D eigenvalue weighted by molar-refractivity contribution is 0.146. The second kappa shape index (κ2) is 7.61. The van der Waals surface area contributed by atoms with Crippen LogP contribution >= 0.6 is 0 Å². The molecule has 3 aromatic rings. The maximum atomic E-state index is 14.5. The first kappa shape index (κ1) is 19.9. The van der Waals surface area contributed by atoms with Gasteiger partial charge in [0.15, 0.2) is 5.82 Å². The van der Waals surface area contributed by atoms with Gasteiger partial charge in [-0.15, -0.1) is 5.10 Å². The zero-order valence-corrected chi connectivity index (χ0v) is 16.0. The number of nitrogens with zero attached hydrogens (tertiary/aromatic N) is 3. The monoisotopic (exact) mass is 390 g/mol. The summed E-state index contributed by atoms with van der Waals surface area (Å²) in [5.41, 5.74) is -0.106. The van der Waals surface area contributed by atoms with E-state index in [2.05, 4.69) is 15.5 Å². The largest absolute Gasteiger partial charge is 0.361 e. The Labute approximate surface area is 160 Å². The first-order valence-electron chi connectivity index (χ1n) is 8.92. The molecule has 0 saturated carbocycles. The van der Waals surface area contributed by atoms with Gasteiger partial charge in [0.1, 0.15) is 5.82 Å². The van der Waals surface area contributed by atoms with Gasteiger partial charge in [-0.3, -0.25) is 4.79 Å². The van der Waals surface area contributed by atoms with Gasteiger partial charge in [-0.1, -0.05) is 18.2 Å². The van der Waals surface area contributed by atoms with Gasteiger partial charge in [-0.2, -0.15) is 5.10 Å². The fraction of sp³-hybridized carbons (Fsp3) is 0.350. The van der Waals surface area contributed by atoms with Crippen LogP contribution in [0.5, 0.6) is 0 Å². The highest BCUT2D eigenvalue weighted by Crippen LogP contribution is 2.30. The molecule has 0 fully saturated rings. The van der Waals surface area contributed by atoms with E-state index in [0.29, 0.717) is 22.3 Å². The fourth-order valence-electron chi connectivity index (χ4n) is 3.13. The molecule has 2 aromatic heterocycles. The normalized spacial score (nSPS) is 12.8. The lowest BCUT2D eigenvalue weighted by Gasteiger charge is -2.19. The number of halogens is 3. The van der Waals surface area contributed by atoms with Crippen LogP contribution in [0.1, 0.15) is 56.1 Å². The van der Waals surface area contributed by atoms with Crippen LogP contribution in [0.4, 0.5) is 19.0 Å². The van der Waals surface area contributed by atoms with Gasteiger partial charge >= 0.3 is 0 Å². The van der Waals surface area contributed by atoms with Crippen LogP contribution in [-0.4, -0.2) is 14.8 Å². The van der Waals surface area contributed by atoms with Crippen molar-refractivity contribution >= 4 is 16.6 Å². The highest BCUT2D eigenvalue weighted by molar-refractivity contribution is 5.92. The lowest BCUT2D eigenvalue weighted by Crippen LogP contribution is -2.21. The number of alkyl halides is 2. The van der Waals surface area contributed by atoms with E-state index < -0.39 is 23.8 Å². The number of anilines is 1. The van der Waals surface area contributed by atoms with Crippen molar-refractivity contribution in [1.82, 2.24) is 14.8 Å². The van der Waals surface area contributed by atoms with Crippen LogP contribution in [-0.2, 0) is 0 Å². The van der Waals surface area contributed by atoms with E-state index >= 15 is 0 Å². The van der Waals surface area contributed by atoms with E-state index in [9.17, 15) is 18.0 Å². The Bertz CT molecular complexity index is 1080. The Hall–Kier alpha value is -2.90. The van der Waals surface area contributed by atoms with Gasteiger partial charge in [0.05, 0.1) is 17.3 Å². The van der Waals surface area contributed by atoms with Crippen molar-refractivity contribution < 1.29 is 13.2 Å². The van der Waals surface area contributed by atoms with Crippen molar-refractivity contribution in [3.63, 3.8) is 0 Å². The molecule has 148 valence electrons. The second-order valence-electron chi connectivity index (χ2n) is 6.99. The Balaban J connectivity index is 2.08. The molecule has 1 aromatic carbocycles. The van der Waals surface area contributed by atoms with Gasteiger partial charge in [0, 0.05) is 34.6 Å². The van der Waals surface area contributed by atoms with Crippen molar-refractivity contribution in [2.75, 3.05) is 5.32 Å². The predicted molar refractivity (Wildman–Crippen MR) is 102 cm³/mol. The molecule has 0 bridgehead atoms. The SMILES string of the molecule is Cc1nnc(N[C@H](C)c2cccc(C(F)F)c2F)c2cn(C(C)C)c(=O)cc12. The maximum absolute atomic E-state index is 14.5. The molecular weight excluding hydrogens is 369 g/mol. The number of hydrogen-bond donors (Lipinski definition) is 1. The predicted octanol–water partition coefficient (Wildman–Crippen LogP) is 4.93. The highest BCUT2D eigenvalue weighted by atomic mass is 19.3. The Morgan fingerprint density at radius 3 is 2.39 bits per heavy atom. The summed E-state index contributed by atoms with van der Waals surface area (Å²) in [5.74, 6) is -0.592. The lowest BCUT2D eigenvalue weighted by atomic mass is 10.0. The highest BCUT2D eigenvalue weighted by Gasteiger charge is 2.20. The van der Waals surface area contributed by atoms with Crippen LogP contribution in [0.3, 0.4) is 0 Å². The Morgan fingerprint density at radius 1 is 1.07 bits per heavy atom. The van der Waals surface area contributed by atoms with Crippen molar-refractivity contribution in [3.8, 4) is 0 Å². The molecule has 0 saturated heterocycles. The summed E-state index contributed by atoms with van der Waals surface area (Å²) in [4.78, 5) is 12.3. The minimum Gasteiger partial charge on any atom is -0.361 e. The van der Waals surface area contributed by atoms with E-state index in [0.717, 1.165) is 6.07 Å². The minimum atomic E-state index is -2.90. The average Bonchev–Trinajstić information content (AvgIpc) is 2.63. The molecule has 1 N–H and O–H groups in total. The fourth-order valence-corrected chi connectivity index (χ4v) is 3.13. The molecule has 0 aliphatic rings. The molecule has 0 radical (unpaired) electrons. The van der Waals surface area contributed by atoms with Crippen LogP contribution in [0, 0.1) is 12.7 Å². The molecule has 5 nitrogen and oxygen atoms in total. The third-order valence-electron chi connectivity index (χ3n) is 4.70. The van der Waals surface area contributed by atoms with Gasteiger partial charge in [-0.25, -0.2) is 13.2 Å². The van der Waals surface area contributed by atoms with Crippen molar-refractivity contribution in [3.05, 3.63) is 63.5 Å². The second-order valence-corrected chi connectivity index (χ2v) is 6.99. The van der Waals surface area contributed by atoms with Crippen LogP contribution in [0.25, 0.3) is 10.8 Å². The molecule has 0 aliphatic heterocycles. The van der Waals surface area contributed by atoms with Crippen molar-refractivity contribution in [2.45, 2.75) is 46.2 Å². The van der Waals surface area contributed by atoms with Crippen LogP contribution < -0.4 is 10.9 Å². The van der Waals surface area contributed by atoms with Crippen molar-refractivity contribution in [1.29, 1.82) is 0 Å². The quantitative estimate of drug-likeness (QED) is 0.671. The summed E-state index contributed by atoms with van der Waals surface area (Å²) in [5, 5.41) is 12.5. The standard InChI is InChI=1S/C20H21F3N4O/c1-10(2)27-9-16-15(8-17(27)28)12(4)25-26-20(16)24-11(3)13-6-5-7-14(18(13)21)19(22)23/h5-11,19H,1-4H3,(H,24,26)/t11-/m1/s1. The number of benzene rings is 1. The molecule has 2 heterocycles. The van der Waals surface area contributed by atoms with E-state index in [-0.39, 0.29) is 17.2 Å². The van der Waals surface area contributed by atoms with Gasteiger partial charge in [-0.05, 0) is 27.7 Å². The Kier molecular flexibility index (Phi) is 5.40. The molecule has 0 amide bonds.